The van der Waals surface area contributed by atoms with Crippen LogP contribution in [0.15, 0.2) is 61.2 Å². The van der Waals surface area contributed by atoms with E-state index in [1.54, 1.807) is 24.3 Å². The zero-order valence-electron chi connectivity index (χ0n) is 10.8. The normalized spacial score (nSPS) is 14.2. The molecule has 0 bridgehead atoms. The lowest BCUT2D eigenvalue weighted by atomic mass is 10.1. The summed E-state index contributed by atoms with van der Waals surface area (Å²) in [7, 11) is 0. The number of hydrogen-bond donors (Lipinski definition) is 0. The summed E-state index contributed by atoms with van der Waals surface area (Å²) >= 11 is 0. The Morgan fingerprint density at radius 1 is 1.10 bits per heavy atom. The van der Waals surface area contributed by atoms with Crippen LogP contribution in [0, 0.1) is 0 Å². The molecule has 0 saturated carbocycles. The molecule has 20 heavy (non-hydrogen) atoms. The molecule has 1 aliphatic heterocycles. The minimum absolute atomic E-state index is 0.294. The fourth-order valence-electron chi connectivity index (χ4n) is 2.02. The van der Waals surface area contributed by atoms with Crippen LogP contribution in [0.25, 0.3) is 0 Å². The van der Waals surface area contributed by atoms with Gasteiger partial charge in [-0.3, -0.25) is 19.3 Å². The highest BCUT2D eigenvalue weighted by atomic mass is 16.2. The van der Waals surface area contributed by atoms with E-state index in [1.807, 2.05) is 0 Å². The molecule has 1 aromatic carbocycles. The SMILES string of the molecule is C=C/C=C(\C=C)C(=O)CN1C(=O)c2ccccc2C1=O. The molecule has 0 spiro atoms. The third-order valence-corrected chi connectivity index (χ3v) is 3.02. The first-order valence-electron chi connectivity index (χ1n) is 6.03. The van der Waals surface area contributed by atoms with Crippen molar-refractivity contribution in [3.63, 3.8) is 0 Å². The first-order chi connectivity index (χ1) is 9.60. The summed E-state index contributed by atoms with van der Waals surface area (Å²) in [6.45, 7) is 6.74. The van der Waals surface area contributed by atoms with Crippen molar-refractivity contribution >= 4 is 17.6 Å². The molecule has 0 radical (unpaired) electrons. The van der Waals surface area contributed by atoms with Gasteiger partial charge in [0.25, 0.3) is 11.8 Å². The Balaban J connectivity index is 2.25. The Morgan fingerprint density at radius 3 is 2.10 bits per heavy atom. The molecule has 2 rings (SSSR count). The van der Waals surface area contributed by atoms with Crippen LogP contribution in [0.3, 0.4) is 0 Å². The van der Waals surface area contributed by atoms with E-state index in [1.165, 1.54) is 18.2 Å². The average Bonchev–Trinajstić information content (AvgIpc) is 2.70. The van der Waals surface area contributed by atoms with Gasteiger partial charge in [0.1, 0.15) is 0 Å². The zero-order valence-corrected chi connectivity index (χ0v) is 10.8. The summed E-state index contributed by atoms with van der Waals surface area (Å²) < 4.78 is 0. The summed E-state index contributed by atoms with van der Waals surface area (Å²) in [5.74, 6) is -1.24. The molecule has 1 aliphatic rings. The number of carbonyl (C=O) groups excluding carboxylic acids is 3. The van der Waals surface area contributed by atoms with E-state index in [4.69, 9.17) is 0 Å². The van der Waals surface area contributed by atoms with E-state index in [9.17, 15) is 14.4 Å². The minimum atomic E-state index is -0.444. The molecule has 2 amide bonds. The number of imide groups is 1. The number of amides is 2. The van der Waals surface area contributed by atoms with E-state index >= 15 is 0 Å². The Kier molecular flexibility index (Phi) is 3.75. The number of rotatable bonds is 5. The third-order valence-electron chi connectivity index (χ3n) is 3.02. The first-order valence-corrected chi connectivity index (χ1v) is 6.03. The molecule has 1 aromatic rings. The van der Waals surface area contributed by atoms with Gasteiger partial charge in [-0.25, -0.2) is 0 Å². The van der Waals surface area contributed by atoms with E-state index in [-0.39, 0.29) is 12.3 Å². The van der Waals surface area contributed by atoms with Gasteiger partial charge >= 0.3 is 0 Å². The van der Waals surface area contributed by atoms with E-state index in [2.05, 4.69) is 13.2 Å². The Bertz CT molecular complexity index is 620. The smallest absolute Gasteiger partial charge is 0.261 e. The molecule has 0 unspecified atom stereocenters. The van der Waals surface area contributed by atoms with Crippen LogP contribution < -0.4 is 0 Å². The highest BCUT2D eigenvalue weighted by molar-refractivity contribution is 6.23. The van der Waals surface area contributed by atoms with Crippen LogP contribution in [-0.2, 0) is 4.79 Å². The summed E-state index contributed by atoms with van der Waals surface area (Å²) in [4.78, 5) is 37.2. The predicted molar refractivity (Wildman–Crippen MR) is 75.3 cm³/mol. The van der Waals surface area contributed by atoms with Crippen LogP contribution in [0.4, 0.5) is 0 Å². The van der Waals surface area contributed by atoms with Crippen molar-refractivity contribution < 1.29 is 14.4 Å². The molecular formula is C16H13NO3. The number of carbonyl (C=O) groups is 3. The van der Waals surface area contributed by atoms with Crippen molar-refractivity contribution in [3.05, 3.63) is 72.4 Å². The van der Waals surface area contributed by atoms with Crippen molar-refractivity contribution in [1.82, 2.24) is 4.90 Å². The largest absolute Gasteiger partial charge is 0.292 e. The van der Waals surface area contributed by atoms with Gasteiger partial charge in [-0.2, -0.15) is 0 Å². The molecular weight excluding hydrogens is 254 g/mol. The standard InChI is InChI=1S/C16H13NO3/c1-3-7-11(4-2)14(18)10-17-15(19)12-8-5-6-9-13(12)16(17)20/h3-9H,1-2,10H2/b11-7+. The lowest BCUT2D eigenvalue weighted by Gasteiger charge is -2.12. The summed E-state index contributed by atoms with van der Waals surface area (Å²) in [6.07, 6.45) is 4.33. The number of fused-ring (bicyclic) bond motifs is 1. The second-order valence-corrected chi connectivity index (χ2v) is 4.23. The maximum Gasteiger partial charge on any atom is 0.261 e. The molecule has 0 N–H and O–H groups in total. The third kappa shape index (κ3) is 2.23. The first kappa shape index (κ1) is 13.7. The van der Waals surface area contributed by atoms with Gasteiger partial charge in [-0.15, -0.1) is 0 Å². The Morgan fingerprint density at radius 2 is 1.65 bits per heavy atom. The van der Waals surface area contributed by atoms with Crippen LogP contribution in [0.2, 0.25) is 0 Å². The van der Waals surface area contributed by atoms with Gasteiger partial charge in [0, 0.05) is 5.57 Å². The number of benzene rings is 1. The van der Waals surface area contributed by atoms with Gasteiger partial charge in [0.05, 0.1) is 17.7 Å². The molecule has 4 nitrogen and oxygen atoms in total. The van der Waals surface area contributed by atoms with E-state index in [0.717, 1.165) is 4.90 Å². The average molecular weight is 267 g/mol. The number of hydrogen-bond acceptors (Lipinski definition) is 3. The summed E-state index contributed by atoms with van der Waals surface area (Å²) in [6, 6.07) is 6.52. The summed E-state index contributed by atoms with van der Waals surface area (Å²) in [5, 5.41) is 0. The Labute approximate surface area is 116 Å². The van der Waals surface area contributed by atoms with Crippen LogP contribution in [0.5, 0.6) is 0 Å². The number of ketones is 1. The van der Waals surface area contributed by atoms with Crippen molar-refractivity contribution in [2.24, 2.45) is 0 Å². The van der Waals surface area contributed by atoms with Crippen molar-refractivity contribution in [3.8, 4) is 0 Å². The van der Waals surface area contributed by atoms with Gasteiger partial charge in [0.2, 0.25) is 0 Å². The minimum Gasteiger partial charge on any atom is -0.292 e. The number of allylic oxidation sites excluding steroid dienone is 3. The maximum atomic E-state index is 12.1. The second-order valence-electron chi connectivity index (χ2n) is 4.23. The number of Topliss-reactive ketones (excluding diaryl/α,β-unsaturated/α-hetero) is 1. The number of nitrogens with zero attached hydrogens (tertiary/aromatic N) is 1. The van der Waals surface area contributed by atoms with Crippen LogP contribution in [0.1, 0.15) is 20.7 Å². The Hall–Kier alpha value is -2.75. The molecule has 0 saturated heterocycles. The monoisotopic (exact) mass is 267 g/mol. The molecule has 100 valence electrons. The fourth-order valence-corrected chi connectivity index (χ4v) is 2.02. The lowest BCUT2D eigenvalue weighted by molar-refractivity contribution is -0.115. The van der Waals surface area contributed by atoms with Gasteiger partial charge in [-0.1, -0.05) is 43.5 Å². The molecule has 1 heterocycles. The van der Waals surface area contributed by atoms with Gasteiger partial charge in [-0.05, 0) is 12.1 Å². The molecule has 0 fully saturated rings. The predicted octanol–water partition coefficient (Wildman–Crippen LogP) is 2.15. The molecule has 0 atom stereocenters. The van der Waals surface area contributed by atoms with Crippen molar-refractivity contribution in [2.75, 3.05) is 6.54 Å². The van der Waals surface area contributed by atoms with E-state index < -0.39 is 11.8 Å². The zero-order chi connectivity index (χ0) is 14.7. The topological polar surface area (TPSA) is 54.5 Å². The van der Waals surface area contributed by atoms with Crippen LogP contribution >= 0.6 is 0 Å². The van der Waals surface area contributed by atoms with Gasteiger partial charge in [0.15, 0.2) is 5.78 Å². The lowest BCUT2D eigenvalue weighted by Crippen LogP contribution is -2.35. The van der Waals surface area contributed by atoms with Crippen molar-refractivity contribution in [1.29, 1.82) is 0 Å². The molecule has 0 aliphatic carbocycles. The molecule has 0 aromatic heterocycles. The van der Waals surface area contributed by atoms with Crippen LogP contribution in [-0.4, -0.2) is 29.0 Å². The highest BCUT2D eigenvalue weighted by Gasteiger charge is 2.36. The second kappa shape index (κ2) is 5.48. The van der Waals surface area contributed by atoms with Crippen molar-refractivity contribution in [2.45, 2.75) is 0 Å². The fraction of sp³-hybridized carbons (Fsp3) is 0.0625. The molecule has 4 heteroatoms. The highest BCUT2D eigenvalue weighted by Crippen LogP contribution is 2.22. The van der Waals surface area contributed by atoms with E-state index in [0.29, 0.717) is 16.7 Å². The van der Waals surface area contributed by atoms with Gasteiger partial charge < -0.3 is 0 Å². The summed E-state index contributed by atoms with van der Waals surface area (Å²) in [5.41, 5.74) is 0.980. The maximum absolute atomic E-state index is 12.1. The quantitative estimate of drug-likeness (QED) is 0.466.